The van der Waals surface area contributed by atoms with E-state index in [1.54, 1.807) is 24.0 Å². The lowest BCUT2D eigenvalue weighted by Crippen LogP contribution is -2.36. The van der Waals surface area contributed by atoms with Gasteiger partial charge in [0.25, 0.3) is 6.36 Å². The molecule has 2 saturated carbocycles. The van der Waals surface area contributed by atoms with Crippen LogP contribution in [-0.4, -0.2) is 47.8 Å². The smallest absolute Gasteiger partial charge is 0.268 e. The van der Waals surface area contributed by atoms with E-state index in [2.05, 4.69) is 10.1 Å². The first-order valence-electron chi connectivity index (χ1n) is 10.3. The Bertz CT molecular complexity index is 933. The zero-order chi connectivity index (χ0) is 21.8. The first-order valence-corrected chi connectivity index (χ1v) is 10.3. The Kier molecular flexibility index (Phi) is 5.01. The highest BCUT2D eigenvalue weighted by Gasteiger charge is 2.51. The van der Waals surface area contributed by atoms with E-state index < -0.39 is 17.6 Å². The Morgan fingerprint density at radius 3 is 2.53 bits per heavy atom. The largest absolute Gasteiger partial charge is 0.439 e. The molecule has 2 N–H and O–H groups in total. The molecule has 2 heterocycles. The number of rotatable bonds is 6. The maximum atomic E-state index is 14.0. The molecule has 0 spiro atoms. The fourth-order valence-corrected chi connectivity index (χ4v) is 5.20. The van der Waals surface area contributed by atoms with Gasteiger partial charge in [-0.1, -0.05) is 0 Å². The number of aromatic nitrogens is 4. The highest BCUT2D eigenvalue weighted by Crippen LogP contribution is 2.56. The molecule has 3 unspecified atom stereocenters. The van der Waals surface area contributed by atoms with E-state index in [1.165, 1.54) is 18.5 Å². The number of fused-ring (bicyclic) bond motifs is 1. The molecule has 4 rings (SSSR count). The second kappa shape index (κ2) is 7.16. The third-order valence-electron chi connectivity index (χ3n) is 6.67. The minimum atomic E-state index is -1.93. The third kappa shape index (κ3) is 3.54. The number of hydrogen-bond donors (Lipinski definition) is 2. The zero-order valence-corrected chi connectivity index (χ0v) is 17.7. The molecule has 2 aliphatic rings. The van der Waals surface area contributed by atoms with E-state index in [-0.39, 0.29) is 11.8 Å². The Morgan fingerprint density at radius 1 is 1.33 bits per heavy atom. The molecule has 0 radical (unpaired) electrons. The molecule has 0 saturated heterocycles. The van der Waals surface area contributed by atoms with Gasteiger partial charge < -0.3 is 19.5 Å². The van der Waals surface area contributed by atoms with Gasteiger partial charge in [-0.3, -0.25) is 9.48 Å². The number of alkyl halides is 1. The van der Waals surface area contributed by atoms with E-state index in [4.69, 9.17) is 4.74 Å². The van der Waals surface area contributed by atoms with Crippen molar-refractivity contribution in [2.75, 3.05) is 0 Å². The van der Waals surface area contributed by atoms with Crippen molar-refractivity contribution >= 4 is 6.29 Å². The number of ether oxygens (including phenoxy) is 1. The van der Waals surface area contributed by atoms with Crippen LogP contribution in [0.5, 0.6) is 5.88 Å². The molecular weight excluding hydrogens is 391 g/mol. The van der Waals surface area contributed by atoms with Crippen LogP contribution in [-0.2, 0) is 19.7 Å². The molecule has 0 aromatic carbocycles. The summed E-state index contributed by atoms with van der Waals surface area (Å²) in [6.45, 7) is 2.64. The van der Waals surface area contributed by atoms with Crippen molar-refractivity contribution in [2.24, 2.45) is 25.9 Å². The molecule has 0 aliphatic heterocycles. The van der Waals surface area contributed by atoms with E-state index >= 15 is 0 Å². The molecule has 2 fully saturated rings. The van der Waals surface area contributed by atoms with Crippen molar-refractivity contribution in [2.45, 2.75) is 63.0 Å². The molecule has 0 amide bonds. The molecule has 2 aliphatic carbocycles. The van der Waals surface area contributed by atoms with Gasteiger partial charge in [-0.2, -0.15) is 4.39 Å². The topological polar surface area (TPSA) is 102 Å². The standard InChI is InChI=1S/C21H29FN4O4/c1-20(2,28)19(22)30-17-7-16(26(4)24-17)21(29)8-13-5-12(6-14(13)9-21)18-15(10-27)25(3)11-23-18/h7,10-14,19,28-29H,5-6,8-9H2,1-4H3. The number of aldehydes is 1. The van der Waals surface area contributed by atoms with Gasteiger partial charge in [0.2, 0.25) is 5.88 Å². The maximum absolute atomic E-state index is 14.0. The summed E-state index contributed by atoms with van der Waals surface area (Å²) in [5.74, 6) is 0.877. The maximum Gasteiger partial charge on any atom is 0.268 e. The highest BCUT2D eigenvalue weighted by molar-refractivity contribution is 5.74. The van der Waals surface area contributed by atoms with Crippen LogP contribution in [0.15, 0.2) is 12.4 Å². The number of aryl methyl sites for hydroxylation is 2. The highest BCUT2D eigenvalue weighted by atomic mass is 19.1. The number of imidazole rings is 1. The van der Waals surface area contributed by atoms with Crippen molar-refractivity contribution in [3.8, 4) is 5.88 Å². The van der Waals surface area contributed by atoms with Gasteiger partial charge in [-0.05, 0) is 51.4 Å². The quantitative estimate of drug-likeness (QED) is 0.695. The summed E-state index contributed by atoms with van der Waals surface area (Å²) in [5, 5.41) is 25.3. The Hall–Kier alpha value is -2.26. The van der Waals surface area contributed by atoms with Crippen LogP contribution in [0.25, 0.3) is 0 Å². The first-order chi connectivity index (χ1) is 14.0. The SMILES string of the molecule is Cn1cnc(C2CC3CC(O)(c4cc(OC(F)C(C)(C)O)nn4C)CC3C2)c1C=O. The monoisotopic (exact) mass is 420 g/mol. The number of carbonyl (C=O) groups is 1. The summed E-state index contributed by atoms with van der Waals surface area (Å²) in [6, 6.07) is 1.56. The number of halogens is 1. The molecule has 2 aromatic rings. The van der Waals surface area contributed by atoms with E-state index in [0.717, 1.165) is 24.8 Å². The summed E-state index contributed by atoms with van der Waals surface area (Å²) in [6.07, 6.45) is 3.49. The Morgan fingerprint density at radius 2 is 1.97 bits per heavy atom. The number of aliphatic hydroxyl groups is 2. The second-order valence-corrected chi connectivity index (χ2v) is 9.45. The minimum absolute atomic E-state index is 0.0367. The predicted octanol–water partition coefficient (Wildman–Crippen LogP) is 2.20. The molecule has 0 bridgehead atoms. The van der Waals surface area contributed by atoms with Crippen LogP contribution >= 0.6 is 0 Å². The predicted molar refractivity (Wildman–Crippen MR) is 106 cm³/mol. The van der Waals surface area contributed by atoms with Crippen molar-refractivity contribution in [1.82, 2.24) is 19.3 Å². The van der Waals surface area contributed by atoms with Gasteiger partial charge in [-0.15, -0.1) is 5.10 Å². The van der Waals surface area contributed by atoms with Gasteiger partial charge in [0.15, 0.2) is 6.29 Å². The lowest BCUT2D eigenvalue weighted by molar-refractivity contribution is -0.104. The van der Waals surface area contributed by atoms with E-state index in [0.29, 0.717) is 36.1 Å². The van der Waals surface area contributed by atoms with Crippen LogP contribution in [0.4, 0.5) is 4.39 Å². The first kappa shape index (κ1) is 21.0. The molecule has 164 valence electrons. The fourth-order valence-electron chi connectivity index (χ4n) is 5.20. The molecule has 2 aromatic heterocycles. The number of hydrogen-bond acceptors (Lipinski definition) is 6. The van der Waals surface area contributed by atoms with Gasteiger partial charge >= 0.3 is 0 Å². The summed E-state index contributed by atoms with van der Waals surface area (Å²) < 4.78 is 22.5. The summed E-state index contributed by atoms with van der Waals surface area (Å²) in [7, 11) is 3.51. The van der Waals surface area contributed by atoms with Crippen LogP contribution in [0.3, 0.4) is 0 Å². The van der Waals surface area contributed by atoms with Crippen molar-refractivity contribution in [3.63, 3.8) is 0 Å². The van der Waals surface area contributed by atoms with Crippen LogP contribution < -0.4 is 4.74 Å². The molecule has 30 heavy (non-hydrogen) atoms. The van der Waals surface area contributed by atoms with E-state index in [1.807, 2.05) is 7.05 Å². The molecule has 9 heteroatoms. The zero-order valence-electron chi connectivity index (χ0n) is 17.7. The molecular formula is C21H29FN4O4. The second-order valence-electron chi connectivity index (χ2n) is 9.45. The van der Waals surface area contributed by atoms with Gasteiger partial charge in [0, 0.05) is 26.1 Å². The molecule has 3 atom stereocenters. The average molecular weight is 420 g/mol. The van der Waals surface area contributed by atoms with Crippen molar-refractivity contribution in [1.29, 1.82) is 0 Å². The number of nitrogens with zero attached hydrogens (tertiary/aromatic N) is 4. The van der Waals surface area contributed by atoms with Gasteiger partial charge in [0.05, 0.1) is 17.7 Å². The fraction of sp³-hybridized carbons (Fsp3) is 0.667. The third-order valence-corrected chi connectivity index (χ3v) is 6.67. The average Bonchev–Trinajstić information content (AvgIpc) is 3.36. The Labute approximate surface area is 174 Å². The van der Waals surface area contributed by atoms with Crippen LogP contribution in [0, 0.1) is 11.8 Å². The molecule has 8 nitrogen and oxygen atoms in total. The van der Waals surface area contributed by atoms with Crippen LogP contribution in [0.2, 0.25) is 0 Å². The summed E-state index contributed by atoms with van der Waals surface area (Å²) >= 11 is 0. The lowest BCUT2D eigenvalue weighted by atomic mass is 9.90. The van der Waals surface area contributed by atoms with Gasteiger partial charge in [0.1, 0.15) is 16.9 Å². The number of carbonyl (C=O) groups excluding carboxylic acids is 1. The van der Waals surface area contributed by atoms with Gasteiger partial charge in [-0.25, -0.2) is 4.98 Å². The van der Waals surface area contributed by atoms with Crippen LogP contribution in [0.1, 0.15) is 67.3 Å². The lowest BCUT2D eigenvalue weighted by Gasteiger charge is -2.24. The minimum Gasteiger partial charge on any atom is -0.439 e. The Balaban J connectivity index is 1.48. The van der Waals surface area contributed by atoms with Crippen molar-refractivity contribution < 1.29 is 24.1 Å². The van der Waals surface area contributed by atoms with Crippen molar-refractivity contribution in [3.05, 3.63) is 29.5 Å². The summed E-state index contributed by atoms with van der Waals surface area (Å²) in [5.41, 5.74) is -0.668. The normalized spacial score (nSPS) is 29.8. The summed E-state index contributed by atoms with van der Waals surface area (Å²) in [4.78, 5) is 15.9. The van der Waals surface area contributed by atoms with E-state index in [9.17, 15) is 19.4 Å².